The quantitative estimate of drug-likeness (QED) is 0.792. The third-order valence-corrected chi connectivity index (χ3v) is 4.18. The van der Waals surface area contributed by atoms with E-state index >= 15 is 0 Å². The molecule has 1 saturated heterocycles. The van der Waals surface area contributed by atoms with Crippen LogP contribution < -0.4 is 0 Å². The van der Waals surface area contributed by atoms with Crippen LogP contribution in [-0.2, 0) is 4.74 Å². The molecule has 110 valence electrons. The van der Waals surface area contributed by atoms with Crippen LogP contribution in [-0.4, -0.2) is 40.3 Å². The summed E-state index contributed by atoms with van der Waals surface area (Å²) in [6.45, 7) is 7.18. The molecule has 1 aromatic rings. The van der Waals surface area contributed by atoms with E-state index in [2.05, 4.69) is 19.0 Å². The van der Waals surface area contributed by atoms with Gasteiger partial charge in [-0.3, -0.25) is 4.79 Å². The van der Waals surface area contributed by atoms with Crippen LogP contribution in [0.15, 0.2) is 10.6 Å². The van der Waals surface area contributed by atoms with Gasteiger partial charge in [0.2, 0.25) is 5.76 Å². The Morgan fingerprint density at radius 1 is 1.30 bits per heavy atom. The van der Waals surface area contributed by atoms with Crippen molar-refractivity contribution in [1.29, 1.82) is 0 Å². The van der Waals surface area contributed by atoms with E-state index in [1.807, 2.05) is 11.8 Å². The molecule has 1 aliphatic heterocycles. The molecule has 0 atom stereocenters. The molecule has 5 nitrogen and oxygen atoms in total. The molecule has 0 bridgehead atoms. The van der Waals surface area contributed by atoms with E-state index < -0.39 is 0 Å². The highest BCUT2D eigenvalue weighted by molar-refractivity contribution is 5.91. The fraction of sp³-hybridized carbons (Fsp3) is 0.733. The summed E-state index contributed by atoms with van der Waals surface area (Å²) in [7, 11) is 0. The maximum atomic E-state index is 12.6. The molecule has 1 saturated carbocycles. The van der Waals surface area contributed by atoms with E-state index in [0.717, 1.165) is 18.5 Å². The van der Waals surface area contributed by atoms with Gasteiger partial charge in [0.25, 0.3) is 5.91 Å². The van der Waals surface area contributed by atoms with Gasteiger partial charge in [0.15, 0.2) is 0 Å². The van der Waals surface area contributed by atoms with Crippen molar-refractivity contribution in [1.82, 2.24) is 10.1 Å². The molecule has 2 heterocycles. The number of carbonyl (C=O) groups is 1. The molecule has 1 amide bonds. The number of amides is 1. The first kappa shape index (κ1) is 13.6. The third kappa shape index (κ3) is 2.46. The number of hydrogen-bond donors (Lipinski definition) is 0. The number of rotatable bonds is 1. The average Bonchev–Trinajstić information content (AvgIpc) is 2.96. The molecular weight excluding hydrogens is 256 g/mol. The van der Waals surface area contributed by atoms with Crippen LogP contribution in [0.4, 0.5) is 0 Å². The number of carbonyl (C=O) groups excluding carboxylic acids is 1. The zero-order valence-corrected chi connectivity index (χ0v) is 12.4. The lowest BCUT2D eigenvalue weighted by molar-refractivity contribution is -0.185. The summed E-state index contributed by atoms with van der Waals surface area (Å²) in [5.74, 6) is 0.251. The SMILES string of the molecule is Cc1cc(C(=O)N2CC(C)(C)OC3(CCCC3)C2)on1. The molecule has 0 unspecified atom stereocenters. The number of morpholine rings is 1. The monoisotopic (exact) mass is 278 g/mol. The Kier molecular flexibility index (Phi) is 3.12. The molecule has 2 aliphatic rings. The van der Waals surface area contributed by atoms with Gasteiger partial charge in [-0.25, -0.2) is 0 Å². The van der Waals surface area contributed by atoms with Crippen LogP contribution in [0.2, 0.25) is 0 Å². The molecule has 0 aromatic carbocycles. The lowest BCUT2D eigenvalue weighted by atomic mass is 9.94. The minimum atomic E-state index is -0.312. The first-order valence-electron chi connectivity index (χ1n) is 7.32. The van der Waals surface area contributed by atoms with Crippen molar-refractivity contribution in [2.45, 2.75) is 57.7 Å². The molecule has 0 N–H and O–H groups in total. The van der Waals surface area contributed by atoms with Gasteiger partial charge in [0.1, 0.15) is 0 Å². The maximum Gasteiger partial charge on any atom is 0.292 e. The second kappa shape index (κ2) is 4.58. The Balaban J connectivity index is 1.83. The first-order valence-corrected chi connectivity index (χ1v) is 7.32. The van der Waals surface area contributed by atoms with Crippen molar-refractivity contribution in [2.24, 2.45) is 0 Å². The largest absolute Gasteiger partial charge is 0.365 e. The van der Waals surface area contributed by atoms with Crippen molar-refractivity contribution in [3.05, 3.63) is 17.5 Å². The van der Waals surface area contributed by atoms with Crippen LogP contribution in [0.25, 0.3) is 0 Å². The van der Waals surface area contributed by atoms with E-state index in [9.17, 15) is 4.79 Å². The Morgan fingerprint density at radius 2 is 2.00 bits per heavy atom. The predicted molar refractivity (Wildman–Crippen MR) is 73.5 cm³/mol. The number of hydrogen-bond acceptors (Lipinski definition) is 4. The van der Waals surface area contributed by atoms with Crippen LogP contribution in [0.1, 0.15) is 55.8 Å². The maximum absolute atomic E-state index is 12.6. The number of aromatic nitrogens is 1. The third-order valence-electron chi connectivity index (χ3n) is 4.18. The Morgan fingerprint density at radius 3 is 2.60 bits per heavy atom. The van der Waals surface area contributed by atoms with E-state index in [4.69, 9.17) is 9.26 Å². The minimum Gasteiger partial charge on any atom is -0.365 e. The number of nitrogens with zero attached hydrogens (tertiary/aromatic N) is 2. The van der Waals surface area contributed by atoms with Gasteiger partial charge in [-0.05, 0) is 33.6 Å². The fourth-order valence-corrected chi connectivity index (χ4v) is 3.56. The van der Waals surface area contributed by atoms with Gasteiger partial charge in [-0.15, -0.1) is 0 Å². The van der Waals surface area contributed by atoms with Gasteiger partial charge in [0.05, 0.1) is 23.4 Å². The highest BCUT2D eigenvalue weighted by Gasteiger charge is 2.47. The summed E-state index contributed by atoms with van der Waals surface area (Å²) in [6, 6.07) is 1.70. The predicted octanol–water partition coefficient (Wildman–Crippen LogP) is 2.55. The molecular formula is C15H22N2O3. The van der Waals surface area contributed by atoms with Crippen molar-refractivity contribution in [2.75, 3.05) is 13.1 Å². The van der Waals surface area contributed by atoms with E-state index in [0.29, 0.717) is 18.8 Å². The van der Waals surface area contributed by atoms with Crippen molar-refractivity contribution < 1.29 is 14.1 Å². The summed E-state index contributed by atoms with van der Waals surface area (Å²) in [6.07, 6.45) is 4.43. The highest BCUT2D eigenvalue weighted by Crippen LogP contribution is 2.40. The molecule has 1 aromatic heterocycles. The molecule has 20 heavy (non-hydrogen) atoms. The Labute approximate surface area is 119 Å². The minimum absolute atomic E-state index is 0.0757. The van der Waals surface area contributed by atoms with Crippen molar-refractivity contribution in [3.8, 4) is 0 Å². The lowest BCUT2D eigenvalue weighted by Crippen LogP contribution is -2.60. The highest BCUT2D eigenvalue weighted by atomic mass is 16.5. The van der Waals surface area contributed by atoms with Crippen LogP contribution in [0.3, 0.4) is 0 Å². The topological polar surface area (TPSA) is 55.6 Å². The van der Waals surface area contributed by atoms with Gasteiger partial charge in [-0.2, -0.15) is 0 Å². The van der Waals surface area contributed by atoms with Crippen molar-refractivity contribution in [3.63, 3.8) is 0 Å². The number of aryl methyl sites for hydroxylation is 1. The first-order chi connectivity index (χ1) is 9.39. The van der Waals surface area contributed by atoms with Gasteiger partial charge >= 0.3 is 0 Å². The molecule has 1 aliphatic carbocycles. The lowest BCUT2D eigenvalue weighted by Gasteiger charge is -2.48. The van der Waals surface area contributed by atoms with Gasteiger partial charge < -0.3 is 14.2 Å². The zero-order valence-electron chi connectivity index (χ0n) is 12.4. The molecule has 5 heteroatoms. The Bertz CT molecular complexity index is 515. The second-order valence-electron chi connectivity index (χ2n) is 6.75. The van der Waals surface area contributed by atoms with Gasteiger partial charge in [0, 0.05) is 12.6 Å². The summed E-state index contributed by atoms with van der Waals surface area (Å²) in [5, 5.41) is 3.80. The van der Waals surface area contributed by atoms with E-state index in [1.54, 1.807) is 6.07 Å². The average molecular weight is 278 g/mol. The van der Waals surface area contributed by atoms with Crippen LogP contribution >= 0.6 is 0 Å². The second-order valence-corrected chi connectivity index (χ2v) is 6.75. The number of ether oxygens (including phenoxy) is 1. The fourth-order valence-electron chi connectivity index (χ4n) is 3.56. The summed E-state index contributed by atoms with van der Waals surface area (Å²) in [5.41, 5.74) is 0.260. The van der Waals surface area contributed by atoms with Crippen LogP contribution in [0.5, 0.6) is 0 Å². The Hall–Kier alpha value is -1.36. The standard InChI is InChI=1S/C15H22N2O3/c1-11-8-12(19-16-11)13(18)17-9-14(2,3)20-15(10-17)6-4-5-7-15/h8H,4-7,9-10H2,1-3H3. The molecule has 3 rings (SSSR count). The van der Waals surface area contributed by atoms with Crippen molar-refractivity contribution >= 4 is 5.91 Å². The van der Waals surface area contributed by atoms with Gasteiger partial charge in [-0.1, -0.05) is 18.0 Å². The normalized spacial score (nSPS) is 24.2. The summed E-state index contributed by atoms with van der Waals surface area (Å²) >= 11 is 0. The smallest absolute Gasteiger partial charge is 0.292 e. The molecule has 1 spiro atoms. The molecule has 0 radical (unpaired) electrons. The molecule has 2 fully saturated rings. The zero-order chi connectivity index (χ0) is 14.4. The van der Waals surface area contributed by atoms with E-state index in [-0.39, 0.29) is 17.1 Å². The summed E-state index contributed by atoms with van der Waals surface area (Å²) < 4.78 is 11.4. The van der Waals surface area contributed by atoms with Crippen LogP contribution in [0, 0.1) is 6.92 Å². The summed E-state index contributed by atoms with van der Waals surface area (Å²) in [4.78, 5) is 14.4. The van der Waals surface area contributed by atoms with E-state index in [1.165, 1.54) is 12.8 Å².